The normalized spacial score (nSPS) is 19.1. The van der Waals surface area contributed by atoms with Crippen LogP contribution in [-0.4, -0.2) is 31.1 Å². The Morgan fingerprint density at radius 3 is 2.85 bits per heavy atom. The third-order valence-corrected chi connectivity index (χ3v) is 3.24. The zero-order chi connectivity index (χ0) is 13.5. The molecule has 20 heavy (non-hydrogen) atoms. The van der Waals surface area contributed by atoms with Crippen molar-refractivity contribution >= 4 is 18.3 Å². The minimum atomic E-state index is -0.0171. The van der Waals surface area contributed by atoms with Crippen LogP contribution < -0.4 is 10.6 Å². The monoisotopic (exact) mass is 298 g/mol. The lowest BCUT2D eigenvalue weighted by molar-refractivity contribution is -0.123. The number of benzene rings is 1. The van der Waals surface area contributed by atoms with E-state index in [-0.39, 0.29) is 30.4 Å². The molecule has 2 unspecified atom stereocenters. The summed E-state index contributed by atoms with van der Waals surface area (Å²) in [5.41, 5.74) is 1.15. The van der Waals surface area contributed by atoms with Crippen molar-refractivity contribution in [2.75, 3.05) is 13.2 Å². The summed E-state index contributed by atoms with van der Waals surface area (Å²) in [6.07, 6.45) is 2.01. The lowest BCUT2D eigenvalue weighted by atomic mass is 10.2. The minimum absolute atomic E-state index is 0. The van der Waals surface area contributed by atoms with E-state index in [1.807, 2.05) is 37.3 Å². The van der Waals surface area contributed by atoms with Crippen molar-refractivity contribution in [2.24, 2.45) is 0 Å². The first-order valence-electron chi connectivity index (χ1n) is 6.91. The first-order chi connectivity index (χ1) is 9.25. The predicted octanol–water partition coefficient (Wildman–Crippen LogP) is 1.88. The summed E-state index contributed by atoms with van der Waals surface area (Å²) >= 11 is 0. The molecule has 1 amide bonds. The highest BCUT2D eigenvalue weighted by Gasteiger charge is 2.22. The van der Waals surface area contributed by atoms with Gasteiger partial charge < -0.3 is 15.4 Å². The van der Waals surface area contributed by atoms with Crippen molar-refractivity contribution in [3.8, 4) is 0 Å². The lowest BCUT2D eigenvalue weighted by Gasteiger charge is -2.17. The van der Waals surface area contributed by atoms with Gasteiger partial charge in [-0.3, -0.25) is 4.79 Å². The average Bonchev–Trinajstić information content (AvgIpc) is 2.94. The standard InChI is InChI=1S/C15H22N2O2.ClH/c1-12(17-15(18)14-8-5-9-16-14)10-19-11-13-6-3-2-4-7-13;/h2-4,6-7,12,14,16H,5,8-11H2,1H3,(H,17,18);1H. The number of carbonyl (C=O) groups is 1. The van der Waals surface area contributed by atoms with Gasteiger partial charge in [-0.25, -0.2) is 0 Å². The van der Waals surface area contributed by atoms with Crippen LogP contribution >= 0.6 is 12.4 Å². The highest BCUT2D eigenvalue weighted by atomic mass is 35.5. The van der Waals surface area contributed by atoms with Crippen molar-refractivity contribution < 1.29 is 9.53 Å². The maximum atomic E-state index is 11.9. The number of hydrogen-bond acceptors (Lipinski definition) is 3. The lowest BCUT2D eigenvalue weighted by Crippen LogP contribution is -2.45. The minimum Gasteiger partial charge on any atom is -0.375 e. The van der Waals surface area contributed by atoms with Gasteiger partial charge in [0.2, 0.25) is 5.91 Å². The molecule has 1 fully saturated rings. The summed E-state index contributed by atoms with van der Waals surface area (Å²) < 4.78 is 5.61. The fourth-order valence-corrected chi connectivity index (χ4v) is 2.22. The Balaban J connectivity index is 0.00000200. The molecule has 1 aliphatic heterocycles. The molecular weight excluding hydrogens is 276 g/mol. The van der Waals surface area contributed by atoms with Gasteiger partial charge in [0.05, 0.1) is 19.3 Å². The van der Waals surface area contributed by atoms with Crippen LogP contribution in [0.2, 0.25) is 0 Å². The van der Waals surface area contributed by atoms with E-state index in [2.05, 4.69) is 10.6 Å². The van der Waals surface area contributed by atoms with Crippen LogP contribution in [-0.2, 0) is 16.1 Å². The molecule has 0 spiro atoms. The second kappa shape index (κ2) is 8.95. The average molecular weight is 299 g/mol. The van der Waals surface area contributed by atoms with E-state index < -0.39 is 0 Å². The zero-order valence-corrected chi connectivity index (χ0v) is 12.6. The quantitative estimate of drug-likeness (QED) is 0.843. The summed E-state index contributed by atoms with van der Waals surface area (Å²) in [7, 11) is 0. The number of halogens is 1. The Labute approximate surface area is 126 Å². The van der Waals surface area contributed by atoms with Gasteiger partial charge in [-0.1, -0.05) is 30.3 Å². The van der Waals surface area contributed by atoms with Gasteiger partial charge in [-0.05, 0) is 31.9 Å². The van der Waals surface area contributed by atoms with Crippen LogP contribution in [0.25, 0.3) is 0 Å². The molecule has 1 heterocycles. The number of ether oxygens (including phenoxy) is 1. The van der Waals surface area contributed by atoms with E-state index in [9.17, 15) is 4.79 Å². The second-order valence-electron chi connectivity index (χ2n) is 5.06. The maximum absolute atomic E-state index is 11.9. The van der Waals surface area contributed by atoms with Crippen molar-refractivity contribution in [3.05, 3.63) is 35.9 Å². The van der Waals surface area contributed by atoms with Crippen molar-refractivity contribution in [2.45, 2.75) is 38.5 Å². The largest absolute Gasteiger partial charge is 0.375 e. The van der Waals surface area contributed by atoms with E-state index in [1.54, 1.807) is 0 Å². The first kappa shape index (κ1) is 17.0. The van der Waals surface area contributed by atoms with Crippen molar-refractivity contribution in [1.29, 1.82) is 0 Å². The van der Waals surface area contributed by atoms with Crippen molar-refractivity contribution in [3.63, 3.8) is 0 Å². The summed E-state index contributed by atoms with van der Waals surface area (Å²) in [6.45, 7) is 4.03. The second-order valence-corrected chi connectivity index (χ2v) is 5.06. The Bertz CT molecular complexity index is 394. The smallest absolute Gasteiger partial charge is 0.237 e. The fraction of sp³-hybridized carbons (Fsp3) is 0.533. The molecule has 0 bridgehead atoms. The summed E-state index contributed by atoms with van der Waals surface area (Å²) in [6, 6.07) is 10.1. The van der Waals surface area contributed by atoms with Crippen LogP contribution in [0.15, 0.2) is 30.3 Å². The van der Waals surface area contributed by atoms with E-state index in [0.29, 0.717) is 13.2 Å². The third-order valence-electron chi connectivity index (χ3n) is 3.24. The van der Waals surface area contributed by atoms with E-state index in [4.69, 9.17) is 4.74 Å². The van der Waals surface area contributed by atoms with Gasteiger partial charge in [-0.15, -0.1) is 12.4 Å². The van der Waals surface area contributed by atoms with Crippen LogP contribution in [0.4, 0.5) is 0 Å². The van der Waals surface area contributed by atoms with E-state index >= 15 is 0 Å². The third kappa shape index (κ3) is 5.49. The molecule has 1 aromatic carbocycles. The van der Waals surface area contributed by atoms with Gasteiger partial charge >= 0.3 is 0 Å². The van der Waals surface area contributed by atoms with Gasteiger partial charge in [0.15, 0.2) is 0 Å². The highest BCUT2D eigenvalue weighted by molar-refractivity contribution is 5.85. The molecule has 2 N–H and O–H groups in total. The summed E-state index contributed by atoms with van der Waals surface area (Å²) in [5.74, 6) is 0.0910. The number of rotatable bonds is 6. The topological polar surface area (TPSA) is 50.4 Å². The number of amides is 1. The van der Waals surface area contributed by atoms with Crippen LogP contribution in [0, 0.1) is 0 Å². The van der Waals surface area contributed by atoms with Gasteiger partial charge in [0.1, 0.15) is 0 Å². The maximum Gasteiger partial charge on any atom is 0.237 e. The molecule has 0 radical (unpaired) electrons. The van der Waals surface area contributed by atoms with Crippen LogP contribution in [0.3, 0.4) is 0 Å². The molecule has 0 aliphatic carbocycles. The van der Waals surface area contributed by atoms with E-state index in [1.165, 1.54) is 0 Å². The molecular formula is C15H23ClN2O2. The summed E-state index contributed by atoms with van der Waals surface area (Å²) in [4.78, 5) is 11.9. The van der Waals surface area contributed by atoms with Crippen LogP contribution in [0.1, 0.15) is 25.3 Å². The molecule has 2 atom stereocenters. The Kier molecular flexibility index (Phi) is 7.59. The number of nitrogens with one attached hydrogen (secondary N) is 2. The molecule has 1 aliphatic rings. The fourth-order valence-electron chi connectivity index (χ4n) is 2.22. The molecule has 112 valence electrons. The molecule has 2 rings (SSSR count). The molecule has 1 saturated heterocycles. The Morgan fingerprint density at radius 1 is 1.45 bits per heavy atom. The van der Waals surface area contributed by atoms with Crippen LogP contribution in [0.5, 0.6) is 0 Å². The number of carbonyl (C=O) groups excluding carboxylic acids is 1. The predicted molar refractivity (Wildman–Crippen MR) is 82.0 cm³/mol. The Morgan fingerprint density at radius 2 is 2.20 bits per heavy atom. The molecule has 0 aromatic heterocycles. The van der Waals surface area contributed by atoms with Gasteiger partial charge in [-0.2, -0.15) is 0 Å². The summed E-state index contributed by atoms with van der Waals surface area (Å²) in [5, 5.41) is 6.17. The molecule has 4 nitrogen and oxygen atoms in total. The molecule has 5 heteroatoms. The number of hydrogen-bond donors (Lipinski definition) is 2. The Hall–Kier alpha value is -1.10. The highest BCUT2D eigenvalue weighted by Crippen LogP contribution is 2.05. The zero-order valence-electron chi connectivity index (χ0n) is 11.8. The van der Waals surface area contributed by atoms with E-state index in [0.717, 1.165) is 24.9 Å². The van der Waals surface area contributed by atoms with Gasteiger partial charge in [0.25, 0.3) is 0 Å². The molecule has 1 aromatic rings. The SMILES string of the molecule is CC(COCc1ccccc1)NC(=O)C1CCCN1.Cl. The van der Waals surface area contributed by atoms with Gasteiger partial charge in [0, 0.05) is 6.04 Å². The first-order valence-corrected chi connectivity index (χ1v) is 6.91. The molecule has 0 saturated carbocycles. The van der Waals surface area contributed by atoms with Crippen molar-refractivity contribution in [1.82, 2.24) is 10.6 Å².